The van der Waals surface area contributed by atoms with E-state index in [-0.39, 0.29) is 6.04 Å². The zero-order valence-electron chi connectivity index (χ0n) is 19.2. The van der Waals surface area contributed by atoms with Crippen LogP contribution in [0.1, 0.15) is 34.8 Å². The summed E-state index contributed by atoms with van der Waals surface area (Å²) in [6.07, 6.45) is 4.14. The van der Waals surface area contributed by atoms with Gasteiger partial charge in [-0.15, -0.1) is 5.10 Å². The fourth-order valence-electron chi connectivity index (χ4n) is 4.38. The zero-order valence-corrected chi connectivity index (χ0v) is 19.2. The average Bonchev–Trinajstić information content (AvgIpc) is 3.07. The number of aryl methyl sites for hydroxylation is 2. The first-order chi connectivity index (χ1) is 15.5. The van der Waals surface area contributed by atoms with Crippen molar-refractivity contribution in [1.29, 1.82) is 5.41 Å². The van der Waals surface area contributed by atoms with Crippen LogP contribution in [0, 0.1) is 12.3 Å². The Bertz CT molecular complexity index is 1140. The molecular formula is C25H31N7. The molecule has 3 aromatic rings. The predicted molar refractivity (Wildman–Crippen MR) is 131 cm³/mol. The van der Waals surface area contributed by atoms with E-state index in [2.05, 4.69) is 82.4 Å². The van der Waals surface area contributed by atoms with Crippen LogP contribution in [0.3, 0.4) is 0 Å². The largest absolute Gasteiger partial charge is 0.393 e. The third-order valence-corrected chi connectivity index (χ3v) is 5.84. The standard InChI is InChI=1S/C25H31N7/c1-17-25-21-10-9-18(20(14-26)15-27-2)13-22(21)24(11-12-32(25)30-29-17)28-23-8-6-5-7-19(23)16-31(3)4/h5-10,13-15,24,26-28H,11-12,16H2,1-4H3/b20-15+,26-14?. The van der Waals surface area contributed by atoms with Crippen LogP contribution in [-0.4, -0.2) is 47.3 Å². The van der Waals surface area contributed by atoms with Crippen molar-refractivity contribution in [3.63, 3.8) is 0 Å². The maximum absolute atomic E-state index is 7.86. The quantitative estimate of drug-likeness (QED) is 0.493. The van der Waals surface area contributed by atoms with Crippen LogP contribution in [0.15, 0.2) is 48.7 Å². The van der Waals surface area contributed by atoms with E-state index >= 15 is 0 Å². The van der Waals surface area contributed by atoms with Crippen LogP contribution in [0.4, 0.5) is 5.69 Å². The number of aromatic nitrogens is 3. The molecule has 0 spiro atoms. The van der Waals surface area contributed by atoms with Crippen LogP contribution < -0.4 is 10.6 Å². The molecule has 7 nitrogen and oxygen atoms in total. The van der Waals surface area contributed by atoms with Gasteiger partial charge in [-0.2, -0.15) is 0 Å². The van der Waals surface area contributed by atoms with E-state index < -0.39 is 0 Å². The highest BCUT2D eigenvalue weighted by atomic mass is 15.4. The van der Waals surface area contributed by atoms with Gasteiger partial charge in [-0.1, -0.05) is 35.5 Å². The van der Waals surface area contributed by atoms with E-state index in [1.807, 2.05) is 24.9 Å². The number of nitrogens with zero attached hydrogens (tertiary/aromatic N) is 4. The Morgan fingerprint density at radius 1 is 1.25 bits per heavy atom. The summed E-state index contributed by atoms with van der Waals surface area (Å²) in [6, 6.07) is 15.0. The second-order valence-electron chi connectivity index (χ2n) is 8.46. The van der Waals surface area contributed by atoms with E-state index in [0.717, 1.165) is 53.3 Å². The van der Waals surface area contributed by atoms with Crippen molar-refractivity contribution in [2.75, 3.05) is 26.5 Å². The molecule has 1 atom stereocenters. The van der Waals surface area contributed by atoms with Crippen molar-refractivity contribution in [3.8, 4) is 11.3 Å². The number of anilines is 1. The monoisotopic (exact) mass is 429 g/mol. The van der Waals surface area contributed by atoms with Gasteiger partial charge in [-0.25, -0.2) is 4.68 Å². The van der Waals surface area contributed by atoms with Crippen molar-refractivity contribution in [2.24, 2.45) is 0 Å². The summed E-state index contributed by atoms with van der Waals surface area (Å²) in [7, 11) is 6.03. The highest BCUT2D eigenvalue weighted by Gasteiger charge is 2.26. The summed E-state index contributed by atoms with van der Waals surface area (Å²) >= 11 is 0. The molecule has 1 aliphatic heterocycles. The molecule has 1 aromatic heterocycles. The minimum absolute atomic E-state index is 0.107. The lowest BCUT2D eigenvalue weighted by Crippen LogP contribution is -2.17. The Morgan fingerprint density at radius 2 is 2.06 bits per heavy atom. The third kappa shape index (κ3) is 4.29. The van der Waals surface area contributed by atoms with Gasteiger partial charge in [0, 0.05) is 49.4 Å². The molecule has 3 N–H and O–H groups in total. The van der Waals surface area contributed by atoms with Crippen LogP contribution in [-0.2, 0) is 13.1 Å². The van der Waals surface area contributed by atoms with Gasteiger partial charge in [-0.3, -0.25) is 0 Å². The number of rotatable bonds is 7. The van der Waals surface area contributed by atoms with Gasteiger partial charge in [-0.05, 0) is 56.3 Å². The van der Waals surface area contributed by atoms with Gasteiger partial charge in [0.2, 0.25) is 0 Å². The third-order valence-electron chi connectivity index (χ3n) is 5.84. The van der Waals surface area contributed by atoms with E-state index in [9.17, 15) is 0 Å². The maximum atomic E-state index is 7.86. The number of nitrogens with one attached hydrogen (secondary N) is 3. The minimum Gasteiger partial charge on any atom is -0.393 e. The first-order valence-corrected chi connectivity index (χ1v) is 10.9. The van der Waals surface area contributed by atoms with Crippen molar-refractivity contribution in [2.45, 2.75) is 32.5 Å². The lowest BCUT2D eigenvalue weighted by Gasteiger charge is -2.24. The van der Waals surface area contributed by atoms with E-state index in [1.54, 1.807) is 0 Å². The van der Waals surface area contributed by atoms with Crippen LogP contribution in [0.25, 0.3) is 16.8 Å². The molecule has 4 rings (SSSR count). The van der Waals surface area contributed by atoms with Gasteiger partial charge in [0.15, 0.2) is 0 Å². The molecule has 2 aromatic carbocycles. The highest BCUT2D eigenvalue weighted by Crippen LogP contribution is 2.38. The summed E-state index contributed by atoms with van der Waals surface area (Å²) in [5.74, 6) is 0. The Morgan fingerprint density at radius 3 is 2.81 bits per heavy atom. The lowest BCUT2D eigenvalue weighted by atomic mass is 9.92. The number of hydrogen-bond donors (Lipinski definition) is 3. The zero-order chi connectivity index (χ0) is 22.7. The molecule has 0 aliphatic carbocycles. The van der Waals surface area contributed by atoms with E-state index in [4.69, 9.17) is 5.41 Å². The summed E-state index contributed by atoms with van der Waals surface area (Å²) in [4.78, 5) is 2.18. The van der Waals surface area contributed by atoms with Gasteiger partial charge >= 0.3 is 0 Å². The molecule has 1 unspecified atom stereocenters. The fourth-order valence-corrected chi connectivity index (χ4v) is 4.38. The molecule has 166 valence electrons. The predicted octanol–water partition coefficient (Wildman–Crippen LogP) is 4.08. The van der Waals surface area contributed by atoms with Crippen molar-refractivity contribution in [1.82, 2.24) is 25.2 Å². The molecule has 1 aliphatic rings. The first-order valence-electron chi connectivity index (χ1n) is 10.9. The van der Waals surface area contributed by atoms with E-state index in [0.29, 0.717) is 0 Å². The molecule has 0 bridgehead atoms. The average molecular weight is 430 g/mol. The molecule has 0 saturated heterocycles. The minimum atomic E-state index is 0.107. The molecular weight excluding hydrogens is 398 g/mol. The van der Waals surface area contributed by atoms with Crippen molar-refractivity contribution >= 4 is 17.5 Å². The number of para-hydroxylation sites is 1. The fraction of sp³-hybridized carbons (Fsp3) is 0.320. The van der Waals surface area contributed by atoms with E-state index in [1.165, 1.54) is 17.3 Å². The molecule has 0 amide bonds. The maximum Gasteiger partial charge on any atom is 0.0918 e. The van der Waals surface area contributed by atoms with Crippen LogP contribution >= 0.6 is 0 Å². The Kier molecular flexibility index (Phi) is 6.37. The molecule has 0 saturated carbocycles. The molecule has 7 heteroatoms. The highest BCUT2D eigenvalue weighted by molar-refractivity contribution is 6.08. The van der Waals surface area contributed by atoms with Crippen LogP contribution in [0.5, 0.6) is 0 Å². The summed E-state index contributed by atoms with van der Waals surface area (Å²) in [6.45, 7) is 3.67. The van der Waals surface area contributed by atoms with Crippen molar-refractivity contribution in [3.05, 3.63) is 71.0 Å². The normalized spacial score (nSPS) is 15.7. The van der Waals surface area contributed by atoms with Crippen molar-refractivity contribution < 1.29 is 0 Å². The van der Waals surface area contributed by atoms with Gasteiger partial charge in [0.05, 0.1) is 17.4 Å². The lowest BCUT2D eigenvalue weighted by molar-refractivity contribution is 0.403. The summed E-state index contributed by atoms with van der Waals surface area (Å²) in [5.41, 5.74) is 8.63. The summed E-state index contributed by atoms with van der Waals surface area (Å²) < 4.78 is 2.02. The van der Waals surface area contributed by atoms with Gasteiger partial charge in [0.1, 0.15) is 0 Å². The molecule has 0 radical (unpaired) electrons. The summed E-state index contributed by atoms with van der Waals surface area (Å²) in [5, 5.41) is 23.5. The second kappa shape index (κ2) is 9.36. The topological polar surface area (TPSA) is 81.9 Å². The van der Waals surface area contributed by atoms with Crippen LogP contribution in [0.2, 0.25) is 0 Å². The molecule has 2 heterocycles. The number of hydrogen-bond acceptors (Lipinski definition) is 6. The number of allylic oxidation sites excluding steroid dienone is 1. The van der Waals surface area contributed by atoms with Gasteiger partial charge in [0.25, 0.3) is 0 Å². The number of fused-ring (bicyclic) bond motifs is 3. The Balaban J connectivity index is 1.81. The molecule has 0 fully saturated rings. The smallest absolute Gasteiger partial charge is 0.0918 e. The Labute approximate surface area is 189 Å². The first kappa shape index (κ1) is 21.8. The SMILES string of the molecule is CN/C=C(\C=N)c1ccc2c(c1)C(Nc1ccccc1CN(C)C)CCn1nnc(C)c1-2. The Hall–Kier alpha value is -3.45. The van der Waals surface area contributed by atoms with Gasteiger partial charge < -0.3 is 20.9 Å². The molecule has 32 heavy (non-hydrogen) atoms. The number of benzene rings is 2. The second-order valence-corrected chi connectivity index (χ2v) is 8.46.